The summed E-state index contributed by atoms with van der Waals surface area (Å²) in [6.45, 7) is 7.21. The monoisotopic (exact) mass is 420 g/mol. The molecule has 9 nitrogen and oxygen atoms in total. The maximum Gasteiger partial charge on any atom is 0.202 e. The van der Waals surface area contributed by atoms with Crippen molar-refractivity contribution in [1.82, 2.24) is 39.1 Å². The molecule has 4 aromatic rings. The van der Waals surface area contributed by atoms with Gasteiger partial charge in [0.1, 0.15) is 11.5 Å². The zero-order valence-electron chi connectivity index (χ0n) is 18.4. The first kappa shape index (κ1) is 19.9. The molecule has 2 unspecified atom stereocenters. The fraction of sp³-hybridized carbons (Fsp3) is 0.500. The third-order valence-corrected chi connectivity index (χ3v) is 6.09. The van der Waals surface area contributed by atoms with E-state index in [4.69, 9.17) is 14.8 Å². The normalized spacial score (nSPS) is 19.7. The van der Waals surface area contributed by atoms with Gasteiger partial charge in [-0.2, -0.15) is 10.2 Å². The van der Waals surface area contributed by atoms with Crippen LogP contribution in [-0.4, -0.2) is 51.4 Å². The van der Waals surface area contributed by atoms with Crippen molar-refractivity contribution in [2.75, 3.05) is 6.61 Å². The van der Waals surface area contributed by atoms with Crippen LogP contribution in [0.1, 0.15) is 57.1 Å². The Labute approximate surface area is 181 Å². The van der Waals surface area contributed by atoms with Crippen LogP contribution < -0.4 is 0 Å². The van der Waals surface area contributed by atoms with E-state index in [0.717, 1.165) is 42.9 Å². The van der Waals surface area contributed by atoms with Crippen molar-refractivity contribution in [3.63, 3.8) is 0 Å². The van der Waals surface area contributed by atoms with E-state index in [1.807, 2.05) is 30.2 Å². The van der Waals surface area contributed by atoms with E-state index in [0.29, 0.717) is 5.82 Å². The molecule has 9 heteroatoms. The molecule has 0 bridgehead atoms. The number of hydrogen-bond acceptors (Lipinski definition) is 6. The Kier molecular flexibility index (Phi) is 4.85. The SMILES string of the molecule is CC(Cc1ccnn1C)c1nc(-c2nccn3nccc23)nn1C1CCOC(C)(C)C1. The largest absolute Gasteiger partial charge is 0.375 e. The zero-order valence-corrected chi connectivity index (χ0v) is 18.4. The molecule has 162 valence electrons. The van der Waals surface area contributed by atoms with Crippen molar-refractivity contribution in [1.29, 1.82) is 0 Å². The molecule has 0 saturated carbocycles. The summed E-state index contributed by atoms with van der Waals surface area (Å²) < 4.78 is 11.8. The van der Waals surface area contributed by atoms with Crippen LogP contribution in [0, 0.1) is 0 Å². The molecule has 0 aromatic carbocycles. The quantitative estimate of drug-likeness (QED) is 0.493. The van der Waals surface area contributed by atoms with E-state index in [9.17, 15) is 0 Å². The molecule has 0 radical (unpaired) electrons. The summed E-state index contributed by atoms with van der Waals surface area (Å²) in [7, 11) is 1.98. The Hall–Kier alpha value is -3.07. The lowest BCUT2D eigenvalue weighted by Crippen LogP contribution is -2.36. The Morgan fingerprint density at radius 2 is 2.03 bits per heavy atom. The molecule has 0 spiro atoms. The third-order valence-electron chi connectivity index (χ3n) is 6.09. The second kappa shape index (κ2) is 7.56. The number of aromatic nitrogens is 8. The van der Waals surface area contributed by atoms with E-state index < -0.39 is 0 Å². The van der Waals surface area contributed by atoms with Gasteiger partial charge in [-0.05, 0) is 45.2 Å². The molecule has 1 aliphatic rings. The Bertz CT molecular complexity index is 1200. The standard InChI is InChI=1S/C22H28N8O/c1-15(13-16-5-8-24-28(16)4)21-26-20(19-18-6-9-25-29(18)11-10-23-19)27-30(21)17-7-12-31-22(2,3)14-17/h5-6,8-11,15,17H,7,12-14H2,1-4H3. The van der Waals surface area contributed by atoms with Gasteiger partial charge in [-0.25, -0.2) is 19.2 Å². The average Bonchev–Trinajstić information content (AvgIpc) is 3.46. The van der Waals surface area contributed by atoms with Crippen molar-refractivity contribution < 1.29 is 4.74 Å². The van der Waals surface area contributed by atoms with Gasteiger partial charge in [0.05, 0.1) is 23.4 Å². The summed E-state index contributed by atoms with van der Waals surface area (Å²) in [5, 5.41) is 13.6. The highest BCUT2D eigenvalue weighted by atomic mass is 16.5. The number of aryl methyl sites for hydroxylation is 1. The summed E-state index contributed by atoms with van der Waals surface area (Å²) in [6, 6.07) is 4.24. The first-order valence-corrected chi connectivity index (χ1v) is 10.8. The molecule has 2 atom stereocenters. The Morgan fingerprint density at radius 1 is 1.19 bits per heavy atom. The number of rotatable bonds is 5. The maximum atomic E-state index is 5.96. The summed E-state index contributed by atoms with van der Waals surface area (Å²) in [5.74, 6) is 1.79. The lowest BCUT2D eigenvalue weighted by atomic mass is 9.93. The second-order valence-corrected chi connectivity index (χ2v) is 8.98. The highest BCUT2D eigenvalue weighted by molar-refractivity contribution is 5.71. The zero-order chi connectivity index (χ0) is 21.6. The van der Waals surface area contributed by atoms with Crippen LogP contribution in [-0.2, 0) is 18.2 Å². The molecule has 5 heterocycles. The van der Waals surface area contributed by atoms with Crippen molar-refractivity contribution in [2.24, 2.45) is 7.05 Å². The van der Waals surface area contributed by atoms with Gasteiger partial charge in [0.15, 0.2) is 0 Å². The third kappa shape index (κ3) is 3.74. The van der Waals surface area contributed by atoms with Crippen LogP contribution in [0.4, 0.5) is 0 Å². The molecular formula is C22H28N8O. The van der Waals surface area contributed by atoms with Crippen molar-refractivity contribution in [3.05, 3.63) is 48.4 Å². The molecule has 1 fully saturated rings. The fourth-order valence-corrected chi connectivity index (χ4v) is 4.49. The Balaban J connectivity index is 1.58. The van der Waals surface area contributed by atoms with Crippen molar-refractivity contribution in [3.8, 4) is 11.5 Å². The van der Waals surface area contributed by atoms with Crippen molar-refractivity contribution >= 4 is 5.52 Å². The van der Waals surface area contributed by atoms with E-state index in [2.05, 4.69) is 46.7 Å². The number of nitrogens with zero attached hydrogens (tertiary/aromatic N) is 8. The first-order valence-electron chi connectivity index (χ1n) is 10.8. The number of fused-ring (bicyclic) bond motifs is 1. The van der Waals surface area contributed by atoms with Gasteiger partial charge in [0, 0.05) is 43.9 Å². The molecular weight excluding hydrogens is 392 g/mol. The molecule has 0 N–H and O–H groups in total. The van der Waals surface area contributed by atoms with Crippen LogP contribution in [0.2, 0.25) is 0 Å². The first-order chi connectivity index (χ1) is 14.9. The summed E-state index contributed by atoms with van der Waals surface area (Å²) >= 11 is 0. The van der Waals surface area contributed by atoms with E-state index in [1.165, 1.54) is 5.69 Å². The topological polar surface area (TPSA) is 88.0 Å². The minimum absolute atomic E-state index is 0.173. The highest BCUT2D eigenvalue weighted by Gasteiger charge is 2.33. The van der Waals surface area contributed by atoms with Gasteiger partial charge in [0.25, 0.3) is 0 Å². The van der Waals surface area contributed by atoms with Crippen LogP contribution in [0.5, 0.6) is 0 Å². The predicted molar refractivity (Wildman–Crippen MR) is 116 cm³/mol. The fourth-order valence-electron chi connectivity index (χ4n) is 4.49. The van der Waals surface area contributed by atoms with E-state index in [-0.39, 0.29) is 17.6 Å². The van der Waals surface area contributed by atoms with Crippen LogP contribution in [0.3, 0.4) is 0 Å². The predicted octanol–water partition coefficient (Wildman–Crippen LogP) is 3.20. The smallest absolute Gasteiger partial charge is 0.202 e. The highest BCUT2D eigenvalue weighted by Crippen LogP contribution is 2.35. The lowest BCUT2D eigenvalue weighted by Gasteiger charge is -2.36. The number of ether oxygens (including phenoxy) is 1. The molecule has 0 aliphatic carbocycles. The molecule has 31 heavy (non-hydrogen) atoms. The van der Waals surface area contributed by atoms with Gasteiger partial charge in [-0.15, -0.1) is 5.10 Å². The minimum atomic E-state index is -0.179. The van der Waals surface area contributed by atoms with Gasteiger partial charge >= 0.3 is 0 Å². The molecule has 1 saturated heterocycles. The van der Waals surface area contributed by atoms with Gasteiger partial charge < -0.3 is 4.74 Å². The van der Waals surface area contributed by atoms with E-state index in [1.54, 1.807) is 16.9 Å². The summed E-state index contributed by atoms with van der Waals surface area (Å²) in [5.41, 5.74) is 2.64. The maximum absolute atomic E-state index is 5.96. The van der Waals surface area contributed by atoms with Crippen LogP contribution in [0.25, 0.3) is 17.0 Å². The molecule has 4 aromatic heterocycles. The van der Waals surface area contributed by atoms with Crippen molar-refractivity contribution in [2.45, 2.75) is 57.6 Å². The van der Waals surface area contributed by atoms with Gasteiger partial charge in [0.2, 0.25) is 5.82 Å². The summed E-state index contributed by atoms with van der Waals surface area (Å²) in [6.07, 6.45) is 9.84. The minimum Gasteiger partial charge on any atom is -0.375 e. The van der Waals surface area contributed by atoms with Gasteiger partial charge in [-0.3, -0.25) is 4.68 Å². The molecule has 1 aliphatic heterocycles. The summed E-state index contributed by atoms with van der Waals surface area (Å²) in [4.78, 5) is 9.61. The molecule has 5 rings (SSSR count). The van der Waals surface area contributed by atoms with Gasteiger partial charge in [-0.1, -0.05) is 6.92 Å². The van der Waals surface area contributed by atoms with Crippen LogP contribution >= 0.6 is 0 Å². The Morgan fingerprint density at radius 3 is 2.81 bits per heavy atom. The lowest BCUT2D eigenvalue weighted by molar-refractivity contribution is -0.0713. The second-order valence-electron chi connectivity index (χ2n) is 8.98. The van der Waals surface area contributed by atoms with E-state index >= 15 is 0 Å². The molecule has 0 amide bonds. The average molecular weight is 421 g/mol. The van der Waals surface area contributed by atoms with Crippen LogP contribution in [0.15, 0.2) is 36.9 Å². The number of hydrogen-bond donors (Lipinski definition) is 0.